The molecule has 118 valence electrons. The first-order valence-electron chi connectivity index (χ1n) is 6.34. The van der Waals surface area contributed by atoms with Crippen LogP contribution in [0.4, 0.5) is 23.2 Å². The number of hydrogen-bond acceptors (Lipinski definition) is 2. The zero-order valence-electron chi connectivity index (χ0n) is 11.8. The lowest BCUT2D eigenvalue weighted by Crippen LogP contribution is -2.36. The van der Waals surface area contributed by atoms with Crippen LogP contribution in [-0.2, 0) is 4.79 Å². The van der Waals surface area contributed by atoms with Gasteiger partial charge < -0.3 is 10.3 Å². The van der Waals surface area contributed by atoms with Gasteiger partial charge >= 0.3 is 6.18 Å². The van der Waals surface area contributed by atoms with Crippen LogP contribution in [-0.4, -0.2) is 28.2 Å². The van der Waals surface area contributed by atoms with E-state index in [1.165, 1.54) is 12.1 Å². The molecule has 0 radical (unpaired) electrons. The molecule has 0 bridgehead atoms. The molecule has 1 atom stereocenters. The van der Waals surface area contributed by atoms with Gasteiger partial charge in [0.1, 0.15) is 5.82 Å². The molecular formula is C14H13F4N3O. The van der Waals surface area contributed by atoms with Crippen LogP contribution in [0.15, 0.2) is 24.3 Å². The fraction of sp³-hybridized carbons (Fsp3) is 0.286. The molecule has 22 heavy (non-hydrogen) atoms. The van der Waals surface area contributed by atoms with Crippen molar-refractivity contribution in [3.8, 4) is 11.4 Å². The molecule has 2 rings (SSSR count). The molecule has 1 unspecified atom stereocenters. The maximum absolute atomic E-state index is 12.8. The van der Waals surface area contributed by atoms with Crippen molar-refractivity contribution < 1.29 is 22.4 Å². The molecule has 0 fully saturated rings. The van der Waals surface area contributed by atoms with Gasteiger partial charge in [-0.15, -0.1) is 0 Å². The van der Waals surface area contributed by atoms with Gasteiger partial charge in [-0.05, 0) is 38.1 Å². The van der Waals surface area contributed by atoms with E-state index in [9.17, 15) is 22.4 Å². The molecule has 2 aromatic rings. The van der Waals surface area contributed by atoms with Crippen molar-refractivity contribution in [1.29, 1.82) is 0 Å². The molecule has 0 spiro atoms. The van der Waals surface area contributed by atoms with Crippen molar-refractivity contribution in [3.05, 3.63) is 35.7 Å². The predicted octanol–water partition coefficient (Wildman–Crippen LogP) is 3.53. The highest BCUT2D eigenvalue weighted by Gasteiger charge is 2.45. The van der Waals surface area contributed by atoms with Crippen molar-refractivity contribution in [1.82, 2.24) is 9.97 Å². The number of halogens is 4. The first kappa shape index (κ1) is 16.0. The zero-order chi connectivity index (χ0) is 16.5. The number of nitrogens with one attached hydrogen (secondary N) is 2. The Bertz CT molecular complexity index is 657. The van der Waals surface area contributed by atoms with Crippen LogP contribution < -0.4 is 5.32 Å². The number of alkyl halides is 4. The van der Waals surface area contributed by atoms with Crippen LogP contribution in [0.25, 0.3) is 11.4 Å². The van der Waals surface area contributed by atoms with Crippen LogP contribution in [0.1, 0.15) is 11.4 Å². The van der Waals surface area contributed by atoms with Crippen molar-refractivity contribution in [3.63, 3.8) is 0 Å². The Hall–Kier alpha value is -2.38. The largest absolute Gasteiger partial charge is 0.428 e. The summed E-state index contributed by atoms with van der Waals surface area (Å²) in [4.78, 5) is 18.5. The number of benzene rings is 1. The Morgan fingerprint density at radius 2 is 1.82 bits per heavy atom. The quantitative estimate of drug-likeness (QED) is 0.851. The lowest BCUT2D eigenvalue weighted by Gasteiger charge is -2.12. The maximum atomic E-state index is 12.8. The molecule has 0 aliphatic rings. The molecule has 8 heteroatoms. The summed E-state index contributed by atoms with van der Waals surface area (Å²) in [6, 6.07) is 5.88. The number of aryl methyl sites for hydroxylation is 2. The number of amides is 1. The Labute approximate surface area is 123 Å². The second kappa shape index (κ2) is 5.78. The van der Waals surface area contributed by atoms with Gasteiger partial charge in [0.25, 0.3) is 12.1 Å². The summed E-state index contributed by atoms with van der Waals surface area (Å²) < 4.78 is 49.1. The summed E-state index contributed by atoms with van der Waals surface area (Å²) in [5.74, 6) is -1.14. The number of nitrogens with zero attached hydrogens (tertiary/aromatic N) is 1. The van der Waals surface area contributed by atoms with E-state index >= 15 is 0 Å². The van der Waals surface area contributed by atoms with Crippen molar-refractivity contribution in [2.75, 3.05) is 5.32 Å². The van der Waals surface area contributed by atoms with Gasteiger partial charge in [0.05, 0.1) is 5.69 Å². The van der Waals surface area contributed by atoms with E-state index in [2.05, 4.69) is 9.97 Å². The average molecular weight is 315 g/mol. The molecule has 0 aliphatic heterocycles. The molecule has 1 aromatic heterocycles. The Morgan fingerprint density at radius 1 is 1.23 bits per heavy atom. The van der Waals surface area contributed by atoms with Gasteiger partial charge in [-0.1, -0.05) is 0 Å². The summed E-state index contributed by atoms with van der Waals surface area (Å²) in [6.07, 6.45) is -8.77. The van der Waals surface area contributed by atoms with Gasteiger partial charge in [-0.2, -0.15) is 13.2 Å². The minimum absolute atomic E-state index is 0.0700. The third-order valence-electron chi connectivity index (χ3n) is 3.07. The van der Waals surface area contributed by atoms with E-state index in [1.54, 1.807) is 12.1 Å². The van der Waals surface area contributed by atoms with E-state index in [1.807, 2.05) is 19.2 Å². The maximum Gasteiger partial charge on any atom is 0.428 e. The van der Waals surface area contributed by atoms with Crippen LogP contribution in [0.3, 0.4) is 0 Å². The number of carbonyl (C=O) groups excluding carboxylic acids is 1. The molecule has 1 heterocycles. The number of imidazole rings is 1. The third kappa shape index (κ3) is 3.44. The first-order chi connectivity index (χ1) is 10.2. The average Bonchev–Trinajstić information content (AvgIpc) is 2.77. The second-order valence-electron chi connectivity index (χ2n) is 4.77. The highest BCUT2D eigenvalue weighted by atomic mass is 19.4. The first-order valence-corrected chi connectivity index (χ1v) is 6.34. The molecule has 1 aromatic carbocycles. The second-order valence-corrected chi connectivity index (χ2v) is 4.77. The summed E-state index contributed by atoms with van der Waals surface area (Å²) in [6.45, 7) is 3.70. The third-order valence-corrected chi connectivity index (χ3v) is 3.07. The van der Waals surface area contributed by atoms with E-state index in [0.29, 0.717) is 11.4 Å². The summed E-state index contributed by atoms with van der Waals surface area (Å²) in [7, 11) is 0. The number of hydrogen-bond donors (Lipinski definition) is 2. The Morgan fingerprint density at radius 3 is 2.27 bits per heavy atom. The van der Waals surface area contributed by atoms with Gasteiger partial charge in [0, 0.05) is 16.9 Å². The van der Waals surface area contributed by atoms with E-state index in [4.69, 9.17) is 0 Å². The van der Waals surface area contributed by atoms with Crippen LogP contribution in [0.2, 0.25) is 0 Å². The van der Waals surface area contributed by atoms with Crippen LogP contribution >= 0.6 is 0 Å². The van der Waals surface area contributed by atoms with Gasteiger partial charge in [-0.25, -0.2) is 9.37 Å². The fourth-order valence-corrected chi connectivity index (χ4v) is 1.75. The monoisotopic (exact) mass is 315 g/mol. The normalized spacial score (nSPS) is 13.0. The minimum Gasteiger partial charge on any atom is -0.342 e. The fourth-order valence-electron chi connectivity index (χ4n) is 1.75. The number of aromatic amines is 1. The summed E-state index contributed by atoms with van der Waals surface area (Å²) in [5, 5.41) is 1.88. The summed E-state index contributed by atoms with van der Waals surface area (Å²) in [5.41, 5.74) is 2.50. The standard InChI is InChI=1S/C14H13F4N3O/c1-7-8(2)20-12(19-7)9-3-5-10(6-4-9)21-13(22)11(15)14(16,17)18/h3-6,11H,1-2H3,(H,19,20)(H,21,22). The number of aromatic nitrogens is 2. The molecule has 4 nitrogen and oxygen atoms in total. The summed E-state index contributed by atoms with van der Waals surface area (Å²) >= 11 is 0. The van der Waals surface area contributed by atoms with Crippen LogP contribution in [0.5, 0.6) is 0 Å². The van der Waals surface area contributed by atoms with E-state index < -0.39 is 18.3 Å². The number of rotatable bonds is 3. The molecular weight excluding hydrogens is 302 g/mol. The predicted molar refractivity (Wildman–Crippen MR) is 73.1 cm³/mol. The molecule has 1 amide bonds. The lowest BCUT2D eigenvalue weighted by molar-refractivity contribution is -0.183. The molecule has 0 saturated heterocycles. The van der Waals surface area contributed by atoms with Crippen molar-refractivity contribution in [2.24, 2.45) is 0 Å². The highest BCUT2D eigenvalue weighted by Crippen LogP contribution is 2.25. The van der Waals surface area contributed by atoms with Gasteiger partial charge in [0.2, 0.25) is 0 Å². The number of carbonyl (C=O) groups is 1. The SMILES string of the molecule is Cc1nc(-c2ccc(NC(=O)C(F)C(F)(F)F)cc2)[nH]c1C. The molecule has 0 aliphatic carbocycles. The molecule has 2 N–H and O–H groups in total. The topological polar surface area (TPSA) is 57.8 Å². The van der Waals surface area contributed by atoms with Crippen molar-refractivity contribution in [2.45, 2.75) is 26.2 Å². The van der Waals surface area contributed by atoms with Crippen molar-refractivity contribution >= 4 is 11.6 Å². The molecule has 0 saturated carbocycles. The van der Waals surface area contributed by atoms with Gasteiger partial charge in [0.15, 0.2) is 0 Å². The minimum atomic E-state index is -5.22. The highest BCUT2D eigenvalue weighted by molar-refractivity contribution is 5.94. The smallest absolute Gasteiger partial charge is 0.342 e. The number of H-pyrrole nitrogens is 1. The van der Waals surface area contributed by atoms with Gasteiger partial charge in [-0.3, -0.25) is 4.79 Å². The Balaban J connectivity index is 2.11. The number of anilines is 1. The lowest BCUT2D eigenvalue weighted by atomic mass is 10.2. The van der Waals surface area contributed by atoms with E-state index in [-0.39, 0.29) is 5.69 Å². The Kier molecular flexibility index (Phi) is 4.20. The van der Waals surface area contributed by atoms with E-state index in [0.717, 1.165) is 11.4 Å². The zero-order valence-corrected chi connectivity index (χ0v) is 11.8. The van der Waals surface area contributed by atoms with Crippen LogP contribution in [0, 0.1) is 13.8 Å².